The molecule has 1 aromatic carbocycles. The van der Waals surface area contributed by atoms with Gasteiger partial charge in [0.1, 0.15) is 12.6 Å². The molecule has 1 aromatic rings. The van der Waals surface area contributed by atoms with Gasteiger partial charge in [-0.15, -0.1) is 0 Å². The van der Waals surface area contributed by atoms with Crippen molar-refractivity contribution in [3.8, 4) is 0 Å². The second-order valence-corrected chi connectivity index (χ2v) is 4.68. The zero-order valence-corrected chi connectivity index (χ0v) is 11.1. The molecule has 1 saturated heterocycles. The first-order valence-electron chi connectivity index (χ1n) is 6.45. The Hall–Kier alpha value is -2.41. The molecule has 2 atom stereocenters. The molecule has 112 valence electrons. The van der Waals surface area contributed by atoms with Crippen molar-refractivity contribution in [2.75, 3.05) is 11.4 Å². The van der Waals surface area contributed by atoms with Crippen LogP contribution in [0.3, 0.4) is 0 Å². The molecule has 1 amide bonds. The number of nitrogens with zero attached hydrogens (tertiary/aromatic N) is 1. The first kappa shape index (κ1) is 15.0. The Bertz CT molecular complexity index is 544. The Morgan fingerprint density at radius 3 is 2.24 bits per heavy atom. The first-order valence-corrected chi connectivity index (χ1v) is 6.45. The molecule has 0 aromatic heterocycles. The number of carboxylic acid groups (broad SMARTS) is 2. The molecule has 0 spiro atoms. The van der Waals surface area contributed by atoms with Crippen LogP contribution in [-0.4, -0.2) is 46.8 Å². The van der Waals surface area contributed by atoms with E-state index in [1.807, 2.05) is 0 Å². The minimum Gasteiger partial charge on any atom is -0.480 e. The highest BCUT2D eigenvalue weighted by Gasteiger charge is 2.37. The first-order chi connectivity index (χ1) is 9.99. The van der Waals surface area contributed by atoms with Gasteiger partial charge in [0.25, 0.3) is 5.91 Å². The molecular formula is C14H15NO6. The number of carbonyl (C=O) groups excluding carboxylic acids is 1. The number of hydrogen-bond acceptors (Lipinski definition) is 4. The fourth-order valence-electron chi connectivity index (χ4n) is 2.21. The van der Waals surface area contributed by atoms with Gasteiger partial charge < -0.3 is 14.9 Å². The Balaban J connectivity index is 2.16. The summed E-state index contributed by atoms with van der Waals surface area (Å²) >= 11 is 0. The third-order valence-electron chi connectivity index (χ3n) is 3.20. The van der Waals surface area contributed by atoms with Gasteiger partial charge in [-0.05, 0) is 25.0 Å². The quantitative estimate of drug-likeness (QED) is 0.829. The fourth-order valence-corrected chi connectivity index (χ4v) is 2.21. The summed E-state index contributed by atoms with van der Waals surface area (Å²) in [5.74, 6) is -2.80. The fraction of sp³-hybridized carbons (Fsp3) is 0.357. The Morgan fingerprint density at radius 1 is 1.10 bits per heavy atom. The predicted octanol–water partition coefficient (Wildman–Crippen LogP) is 0.736. The molecule has 1 fully saturated rings. The minimum atomic E-state index is -1.15. The monoisotopic (exact) mass is 293 g/mol. The highest BCUT2D eigenvalue weighted by atomic mass is 16.5. The van der Waals surface area contributed by atoms with Gasteiger partial charge in [0.05, 0.1) is 0 Å². The molecule has 1 aliphatic heterocycles. The van der Waals surface area contributed by atoms with Crippen molar-refractivity contribution in [2.24, 2.45) is 0 Å². The van der Waals surface area contributed by atoms with Crippen LogP contribution in [0.2, 0.25) is 0 Å². The molecule has 0 radical (unpaired) electrons. The lowest BCUT2D eigenvalue weighted by molar-refractivity contribution is -0.151. The second-order valence-electron chi connectivity index (χ2n) is 4.68. The number of amides is 1. The lowest BCUT2D eigenvalue weighted by atomic mass is 10.1. The number of rotatable bonds is 5. The van der Waals surface area contributed by atoms with Crippen molar-refractivity contribution in [2.45, 2.75) is 25.0 Å². The third kappa shape index (κ3) is 3.57. The average Bonchev–Trinajstić information content (AvgIpc) is 2.95. The summed E-state index contributed by atoms with van der Waals surface area (Å²) in [6.45, 7) is -0.500. The number of anilines is 1. The van der Waals surface area contributed by atoms with E-state index >= 15 is 0 Å². The Morgan fingerprint density at radius 2 is 1.71 bits per heavy atom. The third-order valence-corrected chi connectivity index (χ3v) is 3.20. The van der Waals surface area contributed by atoms with Gasteiger partial charge in [0, 0.05) is 5.69 Å². The van der Waals surface area contributed by atoms with Gasteiger partial charge in [-0.3, -0.25) is 14.5 Å². The van der Waals surface area contributed by atoms with Crippen LogP contribution in [-0.2, 0) is 19.1 Å². The Labute approximate surface area is 120 Å². The lowest BCUT2D eigenvalue weighted by Gasteiger charge is -2.23. The summed E-state index contributed by atoms with van der Waals surface area (Å²) in [5.41, 5.74) is 0.437. The highest BCUT2D eigenvalue weighted by Crippen LogP contribution is 2.24. The molecule has 7 heteroatoms. The van der Waals surface area contributed by atoms with E-state index in [9.17, 15) is 14.4 Å². The normalized spacial score (nSPS) is 21.0. The standard InChI is InChI=1S/C14H15NO6/c16-12(17)8-15(9-4-2-1-3-5-9)13(18)10-6-7-11(21-10)14(19)20/h1-5,10-11H,6-8H2,(H,16,17)(H,19,20)/t10-,11+/m0/s1. The van der Waals surface area contributed by atoms with Gasteiger partial charge in [0.2, 0.25) is 0 Å². The molecule has 21 heavy (non-hydrogen) atoms. The number of benzene rings is 1. The van der Waals surface area contributed by atoms with Crippen LogP contribution in [0.5, 0.6) is 0 Å². The molecule has 0 bridgehead atoms. The van der Waals surface area contributed by atoms with Gasteiger partial charge in [0.15, 0.2) is 6.10 Å². The summed E-state index contributed by atoms with van der Waals surface area (Å²) in [6, 6.07) is 8.36. The molecule has 1 aliphatic rings. The van der Waals surface area contributed by atoms with Crippen LogP contribution < -0.4 is 4.90 Å². The van der Waals surface area contributed by atoms with Crippen LogP contribution in [0.25, 0.3) is 0 Å². The van der Waals surface area contributed by atoms with Crippen LogP contribution in [0, 0.1) is 0 Å². The van der Waals surface area contributed by atoms with E-state index < -0.39 is 36.6 Å². The van der Waals surface area contributed by atoms with E-state index in [-0.39, 0.29) is 12.8 Å². The zero-order valence-electron chi connectivity index (χ0n) is 11.1. The lowest BCUT2D eigenvalue weighted by Crippen LogP contribution is -2.42. The number of aliphatic carboxylic acids is 2. The number of carbonyl (C=O) groups is 3. The van der Waals surface area contributed by atoms with Crippen LogP contribution in [0.15, 0.2) is 30.3 Å². The van der Waals surface area contributed by atoms with E-state index in [1.54, 1.807) is 30.3 Å². The number of para-hydroxylation sites is 1. The second kappa shape index (κ2) is 6.36. The van der Waals surface area contributed by atoms with Crippen molar-refractivity contribution < 1.29 is 29.3 Å². The summed E-state index contributed by atoms with van der Waals surface area (Å²) in [5, 5.41) is 17.8. The average molecular weight is 293 g/mol. The van der Waals surface area contributed by atoms with Gasteiger partial charge in [-0.1, -0.05) is 18.2 Å². The van der Waals surface area contributed by atoms with Crippen LogP contribution >= 0.6 is 0 Å². The summed E-state index contributed by atoms with van der Waals surface area (Å²) in [6.07, 6.45) is -1.44. The van der Waals surface area contributed by atoms with Gasteiger partial charge in [-0.25, -0.2) is 4.79 Å². The molecule has 0 unspecified atom stereocenters. The van der Waals surface area contributed by atoms with E-state index in [0.717, 1.165) is 4.90 Å². The van der Waals surface area contributed by atoms with Crippen molar-refractivity contribution >= 4 is 23.5 Å². The molecular weight excluding hydrogens is 278 g/mol. The van der Waals surface area contributed by atoms with Crippen molar-refractivity contribution in [1.29, 1.82) is 0 Å². The van der Waals surface area contributed by atoms with E-state index in [0.29, 0.717) is 5.69 Å². The summed E-state index contributed by atoms with van der Waals surface area (Å²) in [4.78, 5) is 35.3. The van der Waals surface area contributed by atoms with Gasteiger partial charge in [-0.2, -0.15) is 0 Å². The molecule has 0 saturated carbocycles. The number of carboxylic acids is 2. The maximum absolute atomic E-state index is 12.4. The molecule has 2 N–H and O–H groups in total. The largest absolute Gasteiger partial charge is 0.480 e. The highest BCUT2D eigenvalue weighted by molar-refractivity contribution is 6.00. The zero-order chi connectivity index (χ0) is 15.4. The Kier molecular flexibility index (Phi) is 4.54. The number of ether oxygens (including phenoxy) is 1. The van der Waals surface area contributed by atoms with E-state index in [2.05, 4.69) is 0 Å². The molecule has 2 rings (SSSR count). The van der Waals surface area contributed by atoms with E-state index in [1.165, 1.54) is 0 Å². The topological polar surface area (TPSA) is 104 Å². The maximum Gasteiger partial charge on any atom is 0.332 e. The summed E-state index contributed by atoms with van der Waals surface area (Å²) in [7, 11) is 0. The predicted molar refractivity (Wildman–Crippen MR) is 72.0 cm³/mol. The molecule has 0 aliphatic carbocycles. The summed E-state index contributed by atoms with van der Waals surface area (Å²) < 4.78 is 5.18. The smallest absolute Gasteiger partial charge is 0.332 e. The van der Waals surface area contributed by atoms with Crippen molar-refractivity contribution in [3.63, 3.8) is 0 Å². The number of hydrogen-bond donors (Lipinski definition) is 2. The van der Waals surface area contributed by atoms with Crippen LogP contribution in [0.4, 0.5) is 5.69 Å². The van der Waals surface area contributed by atoms with E-state index in [4.69, 9.17) is 14.9 Å². The van der Waals surface area contributed by atoms with Gasteiger partial charge >= 0.3 is 11.9 Å². The minimum absolute atomic E-state index is 0.238. The van der Waals surface area contributed by atoms with Crippen molar-refractivity contribution in [1.82, 2.24) is 0 Å². The molecule has 7 nitrogen and oxygen atoms in total. The molecule has 1 heterocycles. The maximum atomic E-state index is 12.4. The van der Waals surface area contributed by atoms with Crippen LogP contribution in [0.1, 0.15) is 12.8 Å². The van der Waals surface area contributed by atoms with Crippen molar-refractivity contribution in [3.05, 3.63) is 30.3 Å². The SMILES string of the molecule is O=C(O)CN(C(=O)[C@@H]1CC[C@H](C(=O)O)O1)c1ccccc1.